The van der Waals surface area contributed by atoms with Crippen molar-refractivity contribution < 1.29 is 46.8 Å². The lowest BCUT2D eigenvalue weighted by Crippen LogP contribution is -2.36. The zero-order chi connectivity index (χ0) is 53.9. The molecule has 7 heterocycles. The number of thioether (sulfide) groups is 1. The summed E-state index contributed by atoms with van der Waals surface area (Å²) in [4.78, 5) is 0. The van der Waals surface area contributed by atoms with E-state index in [1.54, 1.807) is 0 Å². The second-order valence-corrected chi connectivity index (χ2v) is 21.3. The van der Waals surface area contributed by atoms with Crippen LogP contribution in [-0.4, -0.2) is 180 Å². The number of hydrogen-bond donors (Lipinski definition) is 3. The average molecular weight is 1060 g/mol. The maximum atomic E-state index is 11.1. The van der Waals surface area contributed by atoms with E-state index in [-0.39, 0.29) is 12.2 Å². The standard InChI is InChI=1S/2C8H17NO.C8H16O2S.C8H16O2.C6H13NO.C6H12O2.C6H12OS.3C2H6/c1-7(2)10-8-3-5-9-6-4-8;1-7(2)10-8-4-3-5-9-6-8;1-7(2)10-8-4-3-5-11(9)6-8;1-7(2)10-8-3-5-9-6-4-8;2*1-2-8-6-3-4-7-5-6;1-2-7-6-3-4-8-5-6;3*1-2/h2*7-9H,3-6H2,1-2H3;7-8H,3-6H2,1-2H3;7-8H,3-6H2,1-2H3;6-7H,2-5H2,1H3;2*6H,2-5H2,1H3;3*1-2H3. The molecule has 6 unspecified atom stereocenters. The van der Waals surface area contributed by atoms with Crippen molar-refractivity contribution >= 4 is 22.6 Å². The van der Waals surface area contributed by atoms with Gasteiger partial charge in [0, 0.05) is 80.8 Å². The molecule has 7 aliphatic rings. The zero-order valence-electron chi connectivity index (χ0n) is 49.5. The highest BCUT2D eigenvalue weighted by Gasteiger charge is 2.20. The molecular weight excluding hydrogens is 939 g/mol. The molecule has 0 aromatic rings. The van der Waals surface area contributed by atoms with Crippen LogP contribution in [0.25, 0.3) is 0 Å². The second-order valence-electron chi connectivity index (χ2n) is 18.5. The van der Waals surface area contributed by atoms with Crippen LogP contribution in [0.3, 0.4) is 0 Å². The highest BCUT2D eigenvalue weighted by molar-refractivity contribution is 7.99. The monoisotopic (exact) mass is 1060 g/mol. The fraction of sp³-hybridized carbons (Fsp3) is 1.00. The minimum Gasteiger partial charge on any atom is -0.381 e. The Morgan fingerprint density at radius 1 is 0.479 bits per heavy atom. The molecule has 432 valence electrons. The summed E-state index contributed by atoms with van der Waals surface area (Å²) in [5.41, 5.74) is 0. The third kappa shape index (κ3) is 50.6. The van der Waals surface area contributed by atoms with Crippen LogP contribution in [0.15, 0.2) is 0 Å². The Bertz CT molecular complexity index is 935. The van der Waals surface area contributed by atoms with E-state index in [0.717, 1.165) is 129 Å². The summed E-state index contributed by atoms with van der Waals surface area (Å²) >= 11 is 2.00. The Balaban J connectivity index is -0.000000748. The number of rotatable bonds is 14. The van der Waals surface area contributed by atoms with Crippen LogP contribution < -0.4 is 16.0 Å². The maximum absolute atomic E-state index is 11.1. The molecule has 0 aromatic heterocycles. The van der Waals surface area contributed by atoms with Gasteiger partial charge in [0.25, 0.3) is 0 Å². The molecule has 7 saturated heterocycles. The largest absolute Gasteiger partial charge is 0.381 e. The van der Waals surface area contributed by atoms with Crippen LogP contribution in [0.5, 0.6) is 0 Å². The number of piperidine rings is 2. The van der Waals surface area contributed by atoms with Gasteiger partial charge in [-0.15, -0.1) is 0 Å². The Hall–Kier alpha value is 0.0200. The third-order valence-electron chi connectivity index (χ3n) is 10.8. The zero-order valence-corrected chi connectivity index (χ0v) is 51.2. The highest BCUT2D eigenvalue weighted by atomic mass is 32.2. The third-order valence-corrected chi connectivity index (χ3v) is 13.5. The summed E-state index contributed by atoms with van der Waals surface area (Å²) in [6.07, 6.45) is 17.2. The van der Waals surface area contributed by atoms with Gasteiger partial charge in [0.05, 0.1) is 73.8 Å². The molecule has 3 N–H and O–H groups in total. The molecule has 6 atom stereocenters. The van der Waals surface area contributed by atoms with E-state index < -0.39 is 10.8 Å². The van der Waals surface area contributed by atoms with E-state index in [2.05, 4.69) is 64.4 Å². The van der Waals surface area contributed by atoms with Crippen LogP contribution in [0, 0.1) is 0 Å². The first-order valence-electron chi connectivity index (χ1n) is 29.0. The van der Waals surface area contributed by atoms with Gasteiger partial charge in [0.2, 0.25) is 0 Å². The van der Waals surface area contributed by atoms with Gasteiger partial charge in [-0.2, -0.15) is 11.8 Å². The van der Waals surface area contributed by atoms with E-state index in [9.17, 15) is 4.21 Å². The van der Waals surface area contributed by atoms with Crippen LogP contribution in [0.4, 0.5) is 0 Å². The minimum atomic E-state index is -0.612. The molecule has 7 fully saturated rings. The van der Waals surface area contributed by atoms with Crippen molar-refractivity contribution in [1.29, 1.82) is 0 Å². The SMILES string of the molecule is CC.CC.CC.CC(C)OC1CCCNC1.CC(C)OC1CCCS(=O)C1.CC(C)OC1CCNCC1.CC(C)OC1CCOCC1.CCOC1CCNC1.CCOC1CCOC1.CCOC1CCSC1. The summed E-state index contributed by atoms with van der Waals surface area (Å²) in [6.45, 7) is 47.3. The van der Waals surface area contributed by atoms with Gasteiger partial charge >= 0.3 is 0 Å². The molecule has 15 heteroatoms. The van der Waals surface area contributed by atoms with Gasteiger partial charge in [-0.25, -0.2) is 0 Å². The Morgan fingerprint density at radius 2 is 0.915 bits per heavy atom. The fourth-order valence-electron chi connectivity index (χ4n) is 7.94. The van der Waals surface area contributed by atoms with Crippen LogP contribution in [0.1, 0.15) is 188 Å². The van der Waals surface area contributed by atoms with E-state index in [4.69, 9.17) is 42.6 Å². The van der Waals surface area contributed by atoms with E-state index in [1.165, 1.54) is 50.0 Å². The summed E-state index contributed by atoms with van der Waals surface area (Å²) in [5.74, 6) is 4.13. The Labute approximate surface area is 447 Å². The van der Waals surface area contributed by atoms with Gasteiger partial charge in [-0.1, -0.05) is 41.5 Å². The molecule has 0 aromatic carbocycles. The molecule has 0 spiro atoms. The molecule has 7 aliphatic heterocycles. The van der Waals surface area contributed by atoms with Gasteiger partial charge in [-0.3, -0.25) is 4.21 Å². The number of ether oxygens (including phenoxy) is 9. The first-order chi connectivity index (χ1) is 34.3. The first-order valence-corrected chi connectivity index (χ1v) is 31.7. The number of hydrogen-bond acceptors (Lipinski definition) is 14. The second kappa shape index (κ2) is 56.2. The average Bonchev–Trinajstić information content (AvgIpc) is 4.20. The summed E-state index contributed by atoms with van der Waals surface area (Å²) < 4.78 is 59.8. The van der Waals surface area contributed by atoms with Crippen molar-refractivity contribution in [3.63, 3.8) is 0 Å². The first kappa shape index (κ1) is 75.3. The molecule has 0 bridgehead atoms. The normalized spacial score (nSPS) is 25.1. The lowest BCUT2D eigenvalue weighted by atomic mass is 10.1. The van der Waals surface area contributed by atoms with Crippen molar-refractivity contribution in [2.24, 2.45) is 0 Å². The molecule has 0 amide bonds. The van der Waals surface area contributed by atoms with E-state index in [1.807, 2.05) is 81.0 Å². The highest BCUT2D eigenvalue weighted by Crippen LogP contribution is 2.19. The van der Waals surface area contributed by atoms with Gasteiger partial charge < -0.3 is 58.6 Å². The molecule has 0 radical (unpaired) electrons. The smallest absolute Gasteiger partial charge is 0.0830 e. The lowest BCUT2D eigenvalue weighted by Gasteiger charge is -2.24. The van der Waals surface area contributed by atoms with Gasteiger partial charge in [0.1, 0.15) is 0 Å². The van der Waals surface area contributed by atoms with Crippen molar-refractivity contribution in [2.45, 2.75) is 255 Å². The minimum absolute atomic E-state index is 0.254. The molecular formula is C56H121N3O10S2. The predicted molar refractivity (Wildman–Crippen MR) is 307 cm³/mol. The molecule has 7 rings (SSSR count). The van der Waals surface area contributed by atoms with Crippen LogP contribution >= 0.6 is 11.8 Å². The van der Waals surface area contributed by atoms with Crippen LogP contribution in [-0.2, 0) is 53.4 Å². The summed E-state index contributed by atoms with van der Waals surface area (Å²) in [7, 11) is -0.612. The van der Waals surface area contributed by atoms with Crippen molar-refractivity contribution in [3.05, 3.63) is 0 Å². The maximum Gasteiger partial charge on any atom is 0.0830 e. The lowest BCUT2D eigenvalue weighted by molar-refractivity contribution is -0.0563. The van der Waals surface area contributed by atoms with E-state index in [0.29, 0.717) is 54.9 Å². The van der Waals surface area contributed by atoms with Crippen molar-refractivity contribution in [2.75, 3.05) is 109 Å². The quantitative estimate of drug-likeness (QED) is 0.152. The molecule has 0 saturated carbocycles. The number of nitrogens with one attached hydrogen (secondary N) is 3. The van der Waals surface area contributed by atoms with E-state index >= 15 is 0 Å². The Kier molecular flexibility index (Phi) is 59.6. The molecule has 0 aliphatic carbocycles. The fourth-order valence-corrected chi connectivity index (χ4v) is 10.4. The molecule has 13 nitrogen and oxygen atoms in total. The predicted octanol–water partition coefficient (Wildman–Crippen LogP) is 11.0. The summed E-state index contributed by atoms with van der Waals surface area (Å²) in [5, 5.41) is 9.86. The molecule has 71 heavy (non-hydrogen) atoms. The van der Waals surface area contributed by atoms with Crippen molar-refractivity contribution in [3.8, 4) is 0 Å². The van der Waals surface area contributed by atoms with Gasteiger partial charge in [0.15, 0.2) is 0 Å². The Morgan fingerprint density at radius 3 is 1.37 bits per heavy atom. The topological polar surface area (TPSA) is 136 Å². The van der Waals surface area contributed by atoms with Crippen molar-refractivity contribution in [1.82, 2.24) is 16.0 Å². The van der Waals surface area contributed by atoms with Crippen LogP contribution in [0.2, 0.25) is 0 Å². The van der Waals surface area contributed by atoms with Gasteiger partial charge in [-0.05, 0) is 179 Å². The summed E-state index contributed by atoms with van der Waals surface area (Å²) in [6, 6.07) is 0.